The van der Waals surface area contributed by atoms with E-state index >= 15 is 0 Å². The largest absolute Gasteiger partial charge is 0.339 e. The molecule has 1 aromatic carbocycles. The molecule has 1 heterocycles. The number of hydrogen-bond donors (Lipinski definition) is 1. The zero-order valence-electron chi connectivity index (χ0n) is 12.3. The first kappa shape index (κ1) is 13.0. The monoisotopic (exact) mass is 283 g/mol. The van der Waals surface area contributed by atoms with E-state index in [4.69, 9.17) is 10.3 Å². The molecule has 110 valence electrons. The van der Waals surface area contributed by atoms with Crippen LogP contribution in [0.1, 0.15) is 48.0 Å². The Labute approximate surface area is 124 Å². The summed E-state index contributed by atoms with van der Waals surface area (Å²) < 4.78 is 5.53. The normalized spacial score (nSPS) is 31.0. The van der Waals surface area contributed by atoms with Crippen molar-refractivity contribution in [2.24, 2.45) is 17.6 Å². The molecule has 0 saturated heterocycles. The van der Waals surface area contributed by atoms with Crippen LogP contribution in [-0.4, -0.2) is 16.2 Å². The standard InChI is InChI=1S/C17H21N3O/c1-10-3-2-4-11(7-10)8-14-19-17(21-20-14)15-12-5-6-13(9-12)16(15)18/h2-4,7,12-13,15-16H,5-6,8-9,18H2,1H3. The molecule has 0 amide bonds. The summed E-state index contributed by atoms with van der Waals surface area (Å²) >= 11 is 0. The van der Waals surface area contributed by atoms with E-state index in [1.165, 1.54) is 30.4 Å². The molecule has 2 N–H and O–H groups in total. The maximum Gasteiger partial charge on any atom is 0.231 e. The van der Waals surface area contributed by atoms with Crippen LogP contribution in [0.2, 0.25) is 0 Å². The Kier molecular flexibility index (Phi) is 3.07. The van der Waals surface area contributed by atoms with Gasteiger partial charge in [0.05, 0.1) is 5.92 Å². The summed E-state index contributed by atoms with van der Waals surface area (Å²) in [5, 5.41) is 4.16. The fraction of sp³-hybridized carbons (Fsp3) is 0.529. The molecule has 2 bridgehead atoms. The van der Waals surface area contributed by atoms with Gasteiger partial charge < -0.3 is 10.3 Å². The SMILES string of the molecule is Cc1cccc(Cc2noc(C3C4CCC(C4)C3N)n2)c1. The van der Waals surface area contributed by atoms with Crippen molar-refractivity contribution in [1.82, 2.24) is 10.1 Å². The highest BCUT2D eigenvalue weighted by atomic mass is 16.5. The van der Waals surface area contributed by atoms with Gasteiger partial charge in [-0.3, -0.25) is 0 Å². The summed E-state index contributed by atoms with van der Waals surface area (Å²) in [5.41, 5.74) is 8.83. The van der Waals surface area contributed by atoms with Crippen molar-refractivity contribution in [1.29, 1.82) is 0 Å². The second-order valence-electron chi connectivity index (χ2n) is 6.65. The second kappa shape index (κ2) is 4.95. The van der Waals surface area contributed by atoms with Gasteiger partial charge in [0.2, 0.25) is 5.89 Å². The summed E-state index contributed by atoms with van der Waals surface area (Å²) in [6, 6.07) is 8.64. The van der Waals surface area contributed by atoms with E-state index in [0.717, 1.165) is 18.1 Å². The molecular formula is C17H21N3O. The first-order chi connectivity index (χ1) is 10.2. The second-order valence-corrected chi connectivity index (χ2v) is 6.65. The zero-order chi connectivity index (χ0) is 14.4. The van der Waals surface area contributed by atoms with Crippen LogP contribution in [0.4, 0.5) is 0 Å². The number of nitrogens with two attached hydrogens (primary N) is 1. The Morgan fingerprint density at radius 1 is 1.29 bits per heavy atom. The van der Waals surface area contributed by atoms with Crippen molar-refractivity contribution in [2.45, 2.75) is 44.6 Å². The third-order valence-electron chi connectivity index (χ3n) is 5.19. The fourth-order valence-corrected chi connectivity index (χ4v) is 4.18. The lowest BCUT2D eigenvalue weighted by atomic mass is 9.85. The molecule has 4 nitrogen and oxygen atoms in total. The summed E-state index contributed by atoms with van der Waals surface area (Å²) in [7, 11) is 0. The fourth-order valence-electron chi connectivity index (χ4n) is 4.18. The van der Waals surface area contributed by atoms with Crippen LogP contribution in [0.25, 0.3) is 0 Å². The number of hydrogen-bond acceptors (Lipinski definition) is 4. The van der Waals surface area contributed by atoms with Gasteiger partial charge in [0.15, 0.2) is 5.82 Å². The minimum atomic E-state index is 0.205. The molecule has 1 aromatic heterocycles. The molecule has 2 aromatic rings. The van der Waals surface area contributed by atoms with Crippen LogP contribution < -0.4 is 5.73 Å². The minimum Gasteiger partial charge on any atom is -0.339 e. The van der Waals surface area contributed by atoms with Gasteiger partial charge in [-0.25, -0.2) is 0 Å². The van der Waals surface area contributed by atoms with Gasteiger partial charge in [0.25, 0.3) is 0 Å². The lowest BCUT2D eigenvalue weighted by molar-refractivity contribution is 0.278. The van der Waals surface area contributed by atoms with Gasteiger partial charge in [-0.1, -0.05) is 35.0 Å². The number of rotatable bonds is 3. The third kappa shape index (κ3) is 2.27. The van der Waals surface area contributed by atoms with E-state index in [0.29, 0.717) is 11.8 Å². The van der Waals surface area contributed by atoms with Crippen LogP contribution in [0.3, 0.4) is 0 Å². The Bertz CT molecular complexity index is 649. The van der Waals surface area contributed by atoms with Crippen LogP contribution in [0.15, 0.2) is 28.8 Å². The maximum absolute atomic E-state index is 6.35. The molecule has 2 aliphatic carbocycles. The molecule has 4 heteroatoms. The highest BCUT2D eigenvalue weighted by Gasteiger charge is 2.48. The van der Waals surface area contributed by atoms with Crippen molar-refractivity contribution < 1.29 is 4.52 Å². The first-order valence-corrected chi connectivity index (χ1v) is 7.84. The van der Waals surface area contributed by atoms with Crippen molar-refractivity contribution in [3.05, 3.63) is 47.1 Å². The average Bonchev–Trinajstić information content (AvgIpc) is 3.15. The number of nitrogens with zero attached hydrogens (tertiary/aromatic N) is 2. The van der Waals surface area contributed by atoms with E-state index in [1.807, 2.05) is 0 Å². The van der Waals surface area contributed by atoms with Crippen LogP contribution in [0, 0.1) is 18.8 Å². The molecule has 0 aliphatic heterocycles. The van der Waals surface area contributed by atoms with Crippen molar-refractivity contribution in [2.75, 3.05) is 0 Å². The van der Waals surface area contributed by atoms with Gasteiger partial charge >= 0.3 is 0 Å². The van der Waals surface area contributed by atoms with E-state index in [2.05, 4.69) is 41.3 Å². The molecule has 0 radical (unpaired) electrons. The molecule has 21 heavy (non-hydrogen) atoms. The zero-order valence-corrected chi connectivity index (χ0v) is 12.3. The van der Waals surface area contributed by atoms with Gasteiger partial charge in [0.1, 0.15) is 0 Å². The summed E-state index contributed by atoms with van der Waals surface area (Å²) in [5.74, 6) is 3.12. The number of aryl methyl sites for hydroxylation is 1. The summed E-state index contributed by atoms with van der Waals surface area (Å²) in [6.45, 7) is 2.10. The Hall–Kier alpha value is -1.68. The van der Waals surface area contributed by atoms with E-state index in [1.54, 1.807) is 0 Å². The molecule has 2 fully saturated rings. The van der Waals surface area contributed by atoms with Crippen LogP contribution >= 0.6 is 0 Å². The topological polar surface area (TPSA) is 64.9 Å². The Morgan fingerprint density at radius 3 is 2.90 bits per heavy atom. The Morgan fingerprint density at radius 2 is 2.14 bits per heavy atom. The minimum absolute atomic E-state index is 0.205. The molecular weight excluding hydrogens is 262 g/mol. The van der Waals surface area contributed by atoms with Gasteiger partial charge in [-0.2, -0.15) is 4.98 Å². The molecule has 2 aliphatic rings. The quantitative estimate of drug-likeness (QED) is 0.940. The highest BCUT2D eigenvalue weighted by Crippen LogP contribution is 2.51. The lowest BCUT2D eigenvalue weighted by Crippen LogP contribution is -2.34. The summed E-state index contributed by atoms with van der Waals surface area (Å²) in [6.07, 6.45) is 4.49. The van der Waals surface area contributed by atoms with Crippen molar-refractivity contribution in [3.63, 3.8) is 0 Å². The third-order valence-corrected chi connectivity index (χ3v) is 5.19. The summed E-state index contributed by atoms with van der Waals surface area (Å²) in [4.78, 5) is 4.63. The maximum atomic E-state index is 6.35. The van der Waals surface area contributed by atoms with Crippen LogP contribution in [0.5, 0.6) is 0 Å². The van der Waals surface area contributed by atoms with Gasteiger partial charge in [-0.05, 0) is 43.6 Å². The van der Waals surface area contributed by atoms with E-state index < -0.39 is 0 Å². The molecule has 4 atom stereocenters. The first-order valence-electron chi connectivity index (χ1n) is 7.84. The average molecular weight is 283 g/mol. The smallest absolute Gasteiger partial charge is 0.231 e. The molecule has 4 rings (SSSR count). The molecule has 0 spiro atoms. The Balaban J connectivity index is 1.53. The van der Waals surface area contributed by atoms with Gasteiger partial charge in [0, 0.05) is 12.5 Å². The van der Waals surface area contributed by atoms with E-state index in [-0.39, 0.29) is 12.0 Å². The number of fused-ring (bicyclic) bond motifs is 2. The van der Waals surface area contributed by atoms with Crippen molar-refractivity contribution >= 4 is 0 Å². The van der Waals surface area contributed by atoms with Crippen LogP contribution in [-0.2, 0) is 6.42 Å². The highest BCUT2D eigenvalue weighted by molar-refractivity contribution is 5.24. The van der Waals surface area contributed by atoms with Gasteiger partial charge in [-0.15, -0.1) is 0 Å². The molecule has 2 saturated carbocycles. The number of aromatic nitrogens is 2. The van der Waals surface area contributed by atoms with E-state index in [9.17, 15) is 0 Å². The predicted octanol–water partition coefficient (Wildman–Crippen LogP) is 2.81. The number of benzene rings is 1. The predicted molar refractivity (Wildman–Crippen MR) is 79.8 cm³/mol. The lowest BCUT2D eigenvalue weighted by Gasteiger charge is -2.24. The molecule has 4 unspecified atom stereocenters. The van der Waals surface area contributed by atoms with Crippen molar-refractivity contribution in [3.8, 4) is 0 Å².